The molecule has 4 heteroatoms. The largest absolute Gasteiger partial charge is 0.378 e. The molecule has 2 rings (SSSR count). The van der Waals surface area contributed by atoms with Gasteiger partial charge in [0.15, 0.2) is 0 Å². The Morgan fingerprint density at radius 3 is 2.67 bits per heavy atom. The number of nitrogens with zero attached hydrogens (tertiary/aromatic N) is 2. The van der Waals surface area contributed by atoms with Crippen molar-refractivity contribution >= 4 is 18.4 Å². The van der Waals surface area contributed by atoms with Gasteiger partial charge in [-0.15, -0.1) is 0 Å². The number of aromatic nitrogens is 1. The van der Waals surface area contributed by atoms with Crippen molar-refractivity contribution in [2.45, 2.75) is 12.2 Å². The molecule has 1 aliphatic rings. The van der Waals surface area contributed by atoms with Crippen LogP contribution in [0.15, 0.2) is 18.3 Å². The number of hydrogen-bond donors (Lipinski definition) is 1. The van der Waals surface area contributed by atoms with E-state index in [-0.39, 0.29) is 5.25 Å². The molecule has 1 saturated heterocycles. The molecule has 0 amide bonds. The molecule has 0 radical (unpaired) electrons. The fourth-order valence-electron chi connectivity index (χ4n) is 1.62. The molecule has 1 aromatic heterocycles. The number of morpholine rings is 1. The predicted octanol–water partition coefficient (Wildman–Crippen LogP) is 1.91. The Hall–Kier alpha value is -0.740. The van der Waals surface area contributed by atoms with Gasteiger partial charge in [-0.25, -0.2) is 4.98 Å². The van der Waals surface area contributed by atoms with E-state index < -0.39 is 0 Å². The van der Waals surface area contributed by atoms with Crippen molar-refractivity contribution in [2.24, 2.45) is 0 Å². The first-order chi connectivity index (χ1) is 7.27. The molecule has 0 saturated carbocycles. The molecule has 0 aromatic carbocycles. The number of thiol groups is 1. The number of rotatable bonds is 2. The van der Waals surface area contributed by atoms with Gasteiger partial charge >= 0.3 is 0 Å². The first kappa shape index (κ1) is 10.8. The van der Waals surface area contributed by atoms with E-state index in [4.69, 9.17) is 4.74 Å². The highest BCUT2D eigenvalue weighted by molar-refractivity contribution is 7.80. The van der Waals surface area contributed by atoms with Crippen molar-refractivity contribution < 1.29 is 4.74 Å². The van der Waals surface area contributed by atoms with E-state index in [1.165, 1.54) is 0 Å². The van der Waals surface area contributed by atoms with Crippen LogP contribution in [0.5, 0.6) is 0 Å². The summed E-state index contributed by atoms with van der Waals surface area (Å²) in [6, 6.07) is 4.16. The summed E-state index contributed by atoms with van der Waals surface area (Å²) in [6.45, 7) is 5.51. The van der Waals surface area contributed by atoms with E-state index in [9.17, 15) is 0 Å². The van der Waals surface area contributed by atoms with Gasteiger partial charge < -0.3 is 9.64 Å². The van der Waals surface area contributed by atoms with Gasteiger partial charge in [-0.05, 0) is 18.6 Å². The van der Waals surface area contributed by atoms with E-state index >= 15 is 0 Å². The monoisotopic (exact) mass is 224 g/mol. The van der Waals surface area contributed by atoms with E-state index in [2.05, 4.69) is 41.6 Å². The molecule has 1 aromatic rings. The lowest BCUT2D eigenvalue weighted by atomic mass is 10.2. The molecule has 1 fully saturated rings. The summed E-state index contributed by atoms with van der Waals surface area (Å²) in [7, 11) is 0. The summed E-state index contributed by atoms with van der Waals surface area (Å²) in [4.78, 5) is 6.69. The van der Waals surface area contributed by atoms with Gasteiger partial charge in [-0.1, -0.05) is 6.07 Å². The molecule has 0 N–H and O–H groups in total. The first-order valence-corrected chi connectivity index (χ1v) is 5.76. The van der Waals surface area contributed by atoms with Crippen LogP contribution < -0.4 is 4.90 Å². The topological polar surface area (TPSA) is 25.4 Å². The molecule has 15 heavy (non-hydrogen) atoms. The Morgan fingerprint density at radius 2 is 2.13 bits per heavy atom. The minimum Gasteiger partial charge on any atom is -0.378 e. The molecule has 1 aliphatic heterocycles. The van der Waals surface area contributed by atoms with Crippen LogP contribution >= 0.6 is 12.6 Å². The van der Waals surface area contributed by atoms with Crippen LogP contribution in [-0.4, -0.2) is 31.3 Å². The van der Waals surface area contributed by atoms with Gasteiger partial charge in [-0.2, -0.15) is 12.6 Å². The average Bonchev–Trinajstić information content (AvgIpc) is 2.30. The maximum atomic E-state index is 5.30. The van der Waals surface area contributed by atoms with E-state index in [1.807, 2.05) is 6.20 Å². The lowest BCUT2D eigenvalue weighted by molar-refractivity contribution is 0.122. The van der Waals surface area contributed by atoms with Crippen LogP contribution in [0.3, 0.4) is 0 Å². The predicted molar refractivity (Wildman–Crippen MR) is 64.7 cm³/mol. The molecule has 1 unspecified atom stereocenters. The van der Waals surface area contributed by atoms with Crippen molar-refractivity contribution in [1.29, 1.82) is 0 Å². The molecule has 0 aliphatic carbocycles. The van der Waals surface area contributed by atoms with Gasteiger partial charge in [0.1, 0.15) is 5.82 Å². The van der Waals surface area contributed by atoms with Crippen LogP contribution in [0.4, 0.5) is 5.82 Å². The molecular formula is C11H16N2OS. The van der Waals surface area contributed by atoms with Crippen LogP contribution in [0.2, 0.25) is 0 Å². The van der Waals surface area contributed by atoms with Gasteiger partial charge in [-0.3, -0.25) is 0 Å². The summed E-state index contributed by atoms with van der Waals surface area (Å²) in [6.07, 6.45) is 1.91. The third-order valence-electron chi connectivity index (χ3n) is 2.59. The summed E-state index contributed by atoms with van der Waals surface area (Å²) >= 11 is 4.38. The number of ether oxygens (including phenoxy) is 1. The Bertz CT molecular complexity index is 307. The molecule has 1 atom stereocenters. The summed E-state index contributed by atoms with van der Waals surface area (Å²) in [5, 5.41) is 0.247. The standard InChI is InChI=1S/C11H16N2OS/c1-9(15)10-2-3-11(12-8-10)13-4-6-14-7-5-13/h2-3,8-9,15H,4-7H2,1H3. The van der Waals surface area contributed by atoms with Crippen LogP contribution in [0.1, 0.15) is 17.7 Å². The van der Waals surface area contributed by atoms with Crippen molar-refractivity contribution in [3.05, 3.63) is 23.9 Å². The highest BCUT2D eigenvalue weighted by atomic mass is 32.1. The van der Waals surface area contributed by atoms with Gasteiger partial charge in [0.05, 0.1) is 13.2 Å². The molecule has 82 valence electrons. The zero-order chi connectivity index (χ0) is 10.7. The third-order valence-corrected chi connectivity index (χ3v) is 2.89. The summed E-state index contributed by atoms with van der Waals surface area (Å²) in [5.41, 5.74) is 1.16. The molecule has 0 spiro atoms. The Labute approximate surface area is 95.9 Å². The Balaban J connectivity index is 2.08. The zero-order valence-corrected chi connectivity index (χ0v) is 9.78. The number of hydrogen-bond acceptors (Lipinski definition) is 4. The van der Waals surface area contributed by atoms with Gasteiger partial charge in [0, 0.05) is 24.5 Å². The van der Waals surface area contributed by atoms with Gasteiger partial charge in [0.25, 0.3) is 0 Å². The SMILES string of the molecule is CC(S)c1ccc(N2CCOCC2)nc1. The van der Waals surface area contributed by atoms with Crippen molar-refractivity contribution in [3.63, 3.8) is 0 Å². The maximum Gasteiger partial charge on any atom is 0.128 e. The van der Waals surface area contributed by atoms with Crippen LogP contribution in [-0.2, 0) is 4.74 Å². The molecule has 0 bridgehead atoms. The van der Waals surface area contributed by atoms with E-state index in [0.29, 0.717) is 0 Å². The quantitative estimate of drug-likeness (QED) is 0.777. The number of pyridine rings is 1. The fourth-order valence-corrected chi connectivity index (χ4v) is 1.78. The second-order valence-corrected chi connectivity index (χ2v) is 4.50. The van der Waals surface area contributed by atoms with Crippen LogP contribution in [0, 0.1) is 0 Å². The second kappa shape index (κ2) is 4.86. The van der Waals surface area contributed by atoms with Crippen LogP contribution in [0.25, 0.3) is 0 Å². The normalized spacial score (nSPS) is 18.9. The number of anilines is 1. The minimum atomic E-state index is 0.247. The lowest BCUT2D eigenvalue weighted by Gasteiger charge is -2.27. The Morgan fingerprint density at radius 1 is 1.40 bits per heavy atom. The van der Waals surface area contributed by atoms with Gasteiger partial charge in [0.2, 0.25) is 0 Å². The van der Waals surface area contributed by atoms with Crippen molar-refractivity contribution in [1.82, 2.24) is 4.98 Å². The summed E-state index contributed by atoms with van der Waals surface area (Å²) in [5.74, 6) is 1.04. The zero-order valence-electron chi connectivity index (χ0n) is 8.89. The Kier molecular flexibility index (Phi) is 3.49. The first-order valence-electron chi connectivity index (χ1n) is 5.24. The molecular weight excluding hydrogens is 208 g/mol. The third kappa shape index (κ3) is 2.63. The molecule has 2 heterocycles. The van der Waals surface area contributed by atoms with E-state index in [1.54, 1.807) is 0 Å². The highest BCUT2D eigenvalue weighted by Gasteiger charge is 2.12. The fraction of sp³-hybridized carbons (Fsp3) is 0.545. The average molecular weight is 224 g/mol. The summed E-state index contributed by atoms with van der Waals surface area (Å²) < 4.78 is 5.30. The second-order valence-electron chi connectivity index (χ2n) is 3.73. The van der Waals surface area contributed by atoms with E-state index in [0.717, 1.165) is 37.7 Å². The van der Waals surface area contributed by atoms with Crippen molar-refractivity contribution in [3.8, 4) is 0 Å². The van der Waals surface area contributed by atoms with Crippen molar-refractivity contribution in [2.75, 3.05) is 31.2 Å². The lowest BCUT2D eigenvalue weighted by Crippen LogP contribution is -2.36. The highest BCUT2D eigenvalue weighted by Crippen LogP contribution is 2.20. The molecule has 3 nitrogen and oxygen atoms in total. The minimum absolute atomic E-state index is 0.247. The smallest absolute Gasteiger partial charge is 0.128 e. The maximum absolute atomic E-state index is 5.30.